The Bertz CT molecular complexity index is 841. The van der Waals surface area contributed by atoms with Crippen molar-refractivity contribution in [2.45, 2.75) is 6.42 Å². The molecule has 0 bridgehead atoms. The Morgan fingerprint density at radius 2 is 1.83 bits per heavy atom. The van der Waals surface area contributed by atoms with Crippen LogP contribution in [0.2, 0.25) is 0 Å². The highest BCUT2D eigenvalue weighted by Crippen LogP contribution is 2.22. The second-order valence-corrected chi connectivity index (χ2v) is 7.96. The van der Waals surface area contributed by atoms with Crippen LogP contribution in [0.3, 0.4) is 0 Å². The van der Waals surface area contributed by atoms with E-state index in [0.29, 0.717) is 38.2 Å². The lowest BCUT2D eigenvalue weighted by atomic mass is 10.1. The molecule has 1 aromatic heterocycles. The molecule has 1 aliphatic heterocycles. The molecule has 3 rings (SSSR count). The normalized spacial score (nSPS) is 17.4. The van der Waals surface area contributed by atoms with Crippen molar-refractivity contribution in [2.24, 2.45) is 7.05 Å². The summed E-state index contributed by atoms with van der Waals surface area (Å²) in [6.45, 7) is 1.83. The van der Waals surface area contributed by atoms with E-state index in [9.17, 15) is 13.2 Å². The van der Waals surface area contributed by atoms with Gasteiger partial charge in [-0.1, -0.05) is 18.2 Å². The molecule has 2 heterocycles. The number of hydrogen-bond donors (Lipinski definition) is 0. The number of para-hydroxylation sites is 1. The number of carbonyl (C=O) groups excluding carboxylic acids is 1. The third-order valence-corrected chi connectivity index (χ3v) is 5.64. The van der Waals surface area contributed by atoms with Gasteiger partial charge in [0, 0.05) is 50.3 Å². The topological polar surface area (TPSA) is 62.6 Å². The Morgan fingerprint density at radius 3 is 2.57 bits per heavy atom. The number of fused-ring (bicyclic) bond motifs is 1. The molecule has 0 radical (unpaired) electrons. The maximum absolute atomic E-state index is 12.9. The summed E-state index contributed by atoms with van der Waals surface area (Å²) < 4.78 is 26.8. The molecule has 1 amide bonds. The molecule has 0 saturated carbocycles. The number of carbonyl (C=O) groups is 1. The molecular formula is C16H21N3O3S. The van der Waals surface area contributed by atoms with Gasteiger partial charge in [-0.15, -0.1) is 0 Å². The lowest BCUT2D eigenvalue weighted by molar-refractivity contribution is 0.0766. The number of sulfonamides is 1. The Kier molecular flexibility index (Phi) is 4.16. The molecule has 1 saturated heterocycles. The first-order valence-corrected chi connectivity index (χ1v) is 9.51. The second-order valence-electron chi connectivity index (χ2n) is 5.98. The first-order chi connectivity index (χ1) is 10.9. The van der Waals surface area contributed by atoms with Crippen LogP contribution < -0.4 is 0 Å². The first-order valence-electron chi connectivity index (χ1n) is 7.66. The highest BCUT2D eigenvalue weighted by Gasteiger charge is 2.25. The van der Waals surface area contributed by atoms with Gasteiger partial charge in [0.15, 0.2) is 0 Å². The van der Waals surface area contributed by atoms with Crippen molar-refractivity contribution in [1.82, 2.24) is 13.8 Å². The van der Waals surface area contributed by atoms with Crippen molar-refractivity contribution in [1.29, 1.82) is 0 Å². The van der Waals surface area contributed by atoms with Crippen molar-refractivity contribution in [3.63, 3.8) is 0 Å². The van der Waals surface area contributed by atoms with Crippen LogP contribution in [0.25, 0.3) is 10.9 Å². The molecule has 124 valence electrons. The van der Waals surface area contributed by atoms with Gasteiger partial charge in [-0.05, 0) is 12.5 Å². The van der Waals surface area contributed by atoms with E-state index in [1.54, 1.807) is 4.90 Å². The molecule has 0 spiro atoms. The molecule has 1 aromatic carbocycles. The SMILES string of the molecule is Cn1cc(C(=O)N2CCCN(S(C)(=O)=O)CC2)c2ccccc21. The van der Waals surface area contributed by atoms with Gasteiger partial charge in [0.2, 0.25) is 10.0 Å². The minimum Gasteiger partial charge on any atom is -0.350 e. The van der Waals surface area contributed by atoms with E-state index in [1.165, 1.54) is 10.6 Å². The lowest BCUT2D eigenvalue weighted by Gasteiger charge is -2.20. The Balaban J connectivity index is 1.85. The van der Waals surface area contributed by atoms with Crippen molar-refractivity contribution in [3.05, 3.63) is 36.0 Å². The maximum atomic E-state index is 12.9. The molecule has 6 nitrogen and oxygen atoms in total. The van der Waals surface area contributed by atoms with Crippen LogP contribution in [-0.2, 0) is 17.1 Å². The average molecular weight is 335 g/mol. The molecular weight excluding hydrogens is 314 g/mol. The number of rotatable bonds is 2. The Morgan fingerprint density at radius 1 is 1.09 bits per heavy atom. The van der Waals surface area contributed by atoms with Crippen LogP contribution in [0.1, 0.15) is 16.8 Å². The summed E-state index contributed by atoms with van der Waals surface area (Å²) in [6, 6.07) is 7.81. The predicted octanol–water partition coefficient (Wildman–Crippen LogP) is 1.29. The van der Waals surface area contributed by atoms with Crippen LogP contribution in [0.4, 0.5) is 0 Å². The van der Waals surface area contributed by atoms with Gasteiger partial charge in [-0.3, -0.25) is 4.79 Å². The molecule has 2 aromatic rings. The average Bonchev–Trinajstić information content (AvgIpc) is 2.70. The second kappa shape index (κ2) is 5.98. The van der Waals surface area contributed by atoms with E-state index in [4.69, 9.17) is 0 Å². The van der Waals surface area contributed by atoms with Gasteiger partial charge in [-0.2, -0.15) is 0 Å². The fraction of sp³-hybridized carbons (Fsp3) is 0.438. The van der Waals surface area contributed by atoms with Crippen molar-refractivity contribution < 1.29 is 13.2 Å². The Labute approximate surface area is 136 Å². The highest BCUT2D eigenvalue weighted by atomic mass is 32.2. The zero-order valence-electron chi connectivity index (χ0n) is 13.4. The van der Waals surface area contributed by atoms with Gasteiger partial charge in [0.25, 0.3) is 5.91 Å². The minimum atomic E-state index is -3.20. The summed E-state index contributed by atoms with van der Waals surface area (Å²) in [7, 11) is -1.28. The molecule has 0 aliphatic carbocycles. The zero-order chi connectivity index (χ0) is 16.6. The molecule has 0 unspecified atom stereocenters. The molecule has 1 fully saturated rings. The summed E-state index contributed by atoms with van der Waals surface area (Å²) in [4.78, 5) is 14.6. The van der Waals surface area contributed by atoms with Crippen LogP contribution in [0.5, 0.6) is 0 Å². The summed E-state index contributed by atoms with van der Waals surface area (Å²) in [5.41, 5.74) is 1.69. The molecule has 0 N–H and O–H groups in total. The number of benzene rings is 1. The van der Waals surface area contributed by atoms with Crippen LogP contribution in [0.15, 0.2) is 30.5 Å². The first kappa shape index (κ1) is 16.0. The highest BCUT2D eigenvalue weighted by molar-refractivity contribution is 7.88. The van der Waals surface area contributed by atoms with Gasteiger partial charge in [0.1, 0.15) is 0 Å². The predicted molar refractivity (Wildman–Crippen MR) is 89.9 cm³/mol. The van der Waals surface area contributed by atoms with E-state index in [1.807, 2.05) is 42.1 Å². The standard InChI is InChI=1S/C16H21N3O3S/c1-17-12-14(13-6-3-4-7-15(13)17)16(20)18-8-5-9-19(11-10-18)23(2,21)22/h3-4,6-7,12H,5,8-11H2,1-2H3. The molecule has 23 heavy (non-hydrogen) atoms. The number of aromatic nitrogens is 1. The van der Waals surface area contributed by atoms with Crippen LogP contribution in [-0.4, -0.2) is 60.5 Å². The van der Waals surface area contributed by atoms with E-state index >= 15 is 0 Å². The third-order valence-electron chi connectivity index (χ3n) is 4.34. The number of amides is 1. The van der Waals surface area contributed by atoms with Gasteiger partial charge in [-0.25, -0.2) is 12.7 Å². The summed E-state index contributed by atoms with van der Waals surface area (Å²) in [5, 5.41) is 0.934. The third kappa shape index (κ3) is 3.11. The summed E-state index contributed by atoms with van der Waals surface area (Å²) in [6.07, 6.45) is 3.73. The van der Waals surface area contributed by atoms with Crippen molar-refractivity contribution in [3.8, 4) is 0 Å². The Hall–Kier alpha value is -1.86. The fourth-order valence-electron chi connectivity index (χ4n) is 3.11. The zero-order valence-corrected chi connectivity index (χ0v) is 14.2. The quantitative estimate of drug-likeness (QED) is 0.831. The van der Waals surface area contributed by atoms with Gasteiger partial charge < -0.3 is 9.47 Å². The smallest absolute Gasteiger partial charge is 0.256 e. The number of nitrogens with zero attached hydrogens (tertiary/aromatic N) is 3. The minimum absolute atomic E-state index is 0.0304. The van der Waals surface area contributed by atoms with Crippen molar-refractivity contribution in [2.75, 3.05) is 32.4 Å². The van der Waals surface area contributed by atoms with E-state index in [2.05, 4.69) is 0 Å². The van der Waals surface area contributed by atoms with Crippen molar-refractivity contribution >= 4 is 26.8 Å². The monoisotopic (exact) mass is 335 g/mol. The maximum Gasteiger partial charge on any atom is 0.256 e. The fourth-order valence-corrected chi connectivity index (χ4v) is 3.99. The molecule has 7 heteroatoms. The van der Waals surface area contributed by atoms with Gasteiger partial charge >= 0.3 is 0 Å². The van der Waals surface area contributed by atoms with Gasteiger partial charge in [0.05, 0.1) is 11.8 Å². The lowest BCUT2D eigenvalue weighted by Crippen LogP contribution is -2.36. The van der Waals surface area contributed by atoms with E-state index in [0.717, 1.165) is 10.9 Å². The van der Waals surface area contributed by atoms with Crippen LogP contribution in [0, 0.1) is 0 Å². The van der Waals surface area contributed by atoms with E-state index < -0.39 is 10.0 Å². The number of aryl methyl sites for hydroxylation is 1. The summed E-state index contributed by atoms with van der Waals surface area (Å²) in [5.74, 6) is -0.0304. The largest absolute Gasteiger partial charge is 0.350 e. The van der Waals surface area contributed by atoms with Crippen LogP contribution >= 0.6 is 0 Å². The summed E-state index contributed by atoms with van der Waals surface area (Å²) >= 11 is 0. The number of hydrogen-bond acceptors (Lipinski definition) is 3. The van der Waals surface area contributed by atoms with E-state index in [-0.39, 0.29) is 5.91 Å². The molecule has 1 aliphatic rings. The molecule has 0 atom stereocenters.